The maximum Gasteiger partial charge on any atom is 0.257 e. The highest BCUT2D eigenvalue weighted by Gasteiger charge is 2.42. The second kappa shape index (κ2) is 10.5. The third-order valence-electron chi connectivity index (χ3n) is 7.48. The summed E-state index contributed by atoms with van der Waals surface area (Å²) < 4.78 is 12.1. The number of rotatable bonds is 6. The third kappa shape index (κ3) is 5.57. The standard InChI is InChI=1S/C27H33ClN2O6/c28-19-1-4-24-18(13-19)15-27(36-24)7-11-29(12-8-27)16-22(33)17-35-25-14-21(32)2-3-23(25)26(34)30-9-5-20(31)6-10-30/h1-4,13-14,20,22,31-33H,5-12,15-17H2/t22-/m0/s1. The molecule has 0 aliphatic carbocycles. The SMILES string of the molecule is O=C(c1ccc(O)cc1OC[C@@H](O)CN1CCC2(CC1)Cc1cc(Cl)ccc1O2)N1CCC(O)CC1. The Hall–Kier alpha value is -2.52. The summed E-state index contributed by atoms with van der Waals surface area (Å²) in [6, 6.07) is 10.2. The summed E-state index contributed by atoms with van der Waals surface area (Å²) in [4.78, 5) is 16.9. The predicted molar refractivity (Wildman–Crippen MR) is 135 cm³/mol. The fourth-order valence-corrected chi connectivity index (χ4v) is 5.60. The number of phenols is 1. The number of nitrogens with zero attached hydrogens (tertiary/aromatic N) is 2. The monoisotopic (exact) mass is 516 g/mol. The van der Waals surface area contributed by atoms with E-state index in [1.165, 1.54) is 12.1 Å². The Morgan fingerprint density at radius 3 is 2.64 bits per heavy atom. The first-order valence-corrected chi connectivity index (χ1v) is 13.0. The Bertz CT molecular complexity index is 1100. The molecule has 0 aromatic heterocycles. The number of phenolic OH excluding ortho intramolecular Hbond substituents is 1. The highest BCUT2D eigenvalue weighted by atomic mass is 35.5. The number of hydrogen-bond acceptors (Lipinski definition) is 7. The summed E-state index contributed by atoms with van der Waals surface area (Å²) in [7, 11) is 0. The lowest BCUT2D eigenvalue weighted by atomic mass is 9.87. The molecule has 2 saturated heterocycles. The molecule has 3 aliphatic rings. The van der Waals surface area contributed by atoms with Gasteiger partial charge in [0.15, 0.2) is 0 Å². The summed E-state index contributed by atoms with van der Waals surface area (Å²) in [5.41, 5.74) is 1.29. The number of likely N-dealkylation sites (tertiary alicyclic amines) is 2. The minimum atomic E-state index is -0.755. The number of aliphatic hydroxyl groups is 2. The molecule has 0 saturated carbocycles. The van der Waals surface area contributed by atoms with Crippen LogP contribution in [-0.4, -0.2) is 88.2 Å². The van der Waals surface area contributed by atoms with Crippen LogP contribution in [0, 0.1) is 0 Å². The topological polar surface area (TPSA) is 103 Å². The molecular formula is C27H33ClN2O6. The van der Waals surface area contributed by atoms with Crippen LogP contribution in [0.5, 0.6) is 17.2 Å². The van der Waals surface area contributed by atoms with E-state index in [1.807, 2.05) is 18.2 Å². The van der Waals surface area contributed by atoms with Crippen molar-refractivity contribution in [3.63, 3.8) is 0 Å². The van der Waals surface area contributed by atoms with E-state index in [0.29, 0.717) is 38.0 Å². The van der Waals surface area contributed by atoms with E-state index in [-0.39, 0.29) is 35.7 Å². The molecule has 2 aromatic rings. The lowest BCUT2D eigenvalue weighted by Gasteiger charge is -2.39. The lowest BCUT2D eigenvalue weighted by Crippen LogP contribution is -2.49. The number of hydrogen-bond donors (Lipinski definition) is 3. The number of aromatic hydroxyl groups is 1. The largest absolute Gasteiger partial charge is 0.508 e. The molecule has 9 heteroatoms. The number of carbonyl (C=O) groups is 1. The number of amides is 1. The van der Waals surface area contributed by atoms with Gasteiger partial charge in [-0.2, -0.15) is 0 Å². The second-order valence-corrected chi connectivity index (χ2v) is 10.6. The Balaban J connectivity index is 1.13. The number of halogens is 1. The van der Waals surface area contributed by atoms with E-state index in [1.54, 1.807) is 11.0 Å². The molecule has 2 aromatic carbocycles. The van der Waals surface area contributed by atoms with Gasteiger partial charge in [-0.1, -0.05) is 11.6 Å². The van der Waals surface area contributed by atoms with E-state index in [9.17, 15) is 20.1 Å². The van der Waals surface area contributed by atoms with Crippen molar-refractivity contribution >= 4 is 17.5 Å². The minimum Gasteiger partial charge on any atom is -0.508 e. The van der Waals surface area contributed by atoms with Crippen molar-refractivity contribution in [2.75, 3.05) is 39.3 Å². The van der Waals surface area contributed by atoms with Gasteiger partial charge in [0.25, 0.3) is 5.91 Å². The van der Waals surface area contributed by atoms with Crippen molar-refractivity contribution in [3.8, 4) is 17.2 Å². The summed E-state index contributed by atoms with van der Waals surface area (Å²) in [5, 5.41) is 31.1. The van der Waals surface area contributed by atoms with E-state index >= 15 is 0 Å². The zero-order valence-corrected chi connectivity index (χ0v) is 21.0. The van der Waals surface area contributed by atoms with E-state index in [4.69, 9.17) is 21.1 Å². The fourth-order valence-electron chi connectivity index (χ4n) is 5.41. The fraction of sp³-hybridized carbons (Fsp3) is 0.519. The van der Waals surface area contributed by atoms with Gasteiger partial charge in [-0.25, -0.2) is 0 Å². The molecule has 0 unspecified atom stereocenters. The molecule has 0 radical (unpaired) electrons. The molecule has 0 bridgehead atoms. The van der Waals surface area contributed by atoms with Crippen LogP contribution >= 0.6 is 11.6 Å². The summed E-state index contributed by atoms with van der Waals surface area (Å²) in [6.45, 7) is 3.00. The zero-order valence-electron chi connectivity index (χ0n) is 20.2. The Labute approximate surface area is 216 Å². The van der Waals surface area contributed by atoms with Gasteiger partial charge in [0.1, 0.15) is 35.6 Å². The maximum atomic E-state index is 13.0. The normalized spacial score (nSPS) is 20.7. The molecular weight excluding hydrogens is 484 g/mol. The summed E-state index contributed by atoms with van der Waals surface area (Å²) >= 11 is 6.14. The van der Waals surface area contributed by atoms with Gasteiger partial charge >= 0.3 is 0 Å². The number of fused-ring (bicyclic) bond motifs is 1. The van der Waals surface area contributed by atoms with Gasteiger partial charge < -0.3 is 34.6 Å². The Kier molecular flexibility index (Phi) is 7.30. The number of β-amino-alcohol motifs (C(OH)–C–C–N with tert-alkyl or cyclic N) is 1. The van der Waals surface area contributed by atoms with Crippen LogP contribution in [0.3, 0.4) is 0 Å². The quantitative estimate of drug-likeness (QED) is 0.542. The van der Waals surface area contributed by atoms with Crippen LogP contribution in [0.2, 0.25) is 5.02 Å². The number of piperidine rings is 2. The van der Waals surface area contributed by atoms with Gasteiger partial charge in [0.05, 0.1) is 11.7 Å². The molecule has 194 valence electrons. The van der Waals surface area contributed by atoms with Gasteiger partial charge in [-0.05, 0) is 48.7 Å². The molecule has 1 spiro atoms. The number of carbonyl (C=O) groups excluding carboxylic acids is 1. The van der Waals surface area contributed by atoms with Crippen molar-refractivity contribution in [3.05, 3.63) is 52.5 Å². The lowest BCUT2D eigenvalue weighted by molar-refractivity contribution is -0.00204. The highest BCUT2D eigenvalue weighted by molar-refractivity contribution is 6.30. The van der Waals surface area contributed by atoms with Gasteiger partial charge in [0, 0.05) is 63.1 Å². The van der Waals surface area contributed by atoms with Crippen LogP contribution in [-0.2, 0) is 6.42 Å². The van der Waals surface area contributed by atoms with Crippen LogP contribution in [0.15, 0.2) is 36.4 Å². The molecule has 1 atom stereocenters. The molecule has 1 amide bonds. The third-order valence-corrected chi connectivity index (χ3v) is 7.71. The van der Waals surface area contributed by atoms with Crippen molar-refractivity contribution in [2.24, 2.45) is 0 Å². The molecule has 3 N–H and O–H groups in total. The molecule has 36 heavy (non-hydrogen) atoms. The average Bonchev–Trinajstić information content (AvgIpc) is 3.21. The summed E-state index contributed by atoms with van der Waals surface area (Å²) in [5.74, 6) is 0.953. The minimum absolute atomic E-state index is 0.00449. The first kappa shape index (κ1) is 25.1. The first-order valence-electron chi connectivity index (χ1n) is 12.6. The molecule has 5 rings (SSSR count). The number of aliphatic hydroxyl groups excluding tert-OH is 2. The van der Waals surface area contributed by atoms with Crippen LogP contribution < -0.4 is 9.47 Å². The van der Waals surface area contributed by atoms with Crippen molar-refractivity contribution in [1.82, 2.24) is 9.80 Å². The Morgan fingerprint density at radius 2 is 1.89 bits per heavy atom. The average molecular weight is 517 g/mol. The molecule has 8 nitrogen and oxygen atoms in total. The van der Waals surface area contributed by atoms with E-state index < -0.39 is 6.10 Å². The van der Waals surface area contributed by atoms with Crippen LogP contribution in [0.1, 0.15) is 41.6 Å². The van der Waals surface area contributed by atoms with Crippen molar-refractivity contribution < 1.29 is 29.6 Å². The Morgan fingerprint density at radius 1 is 1.14 bits per heavy atom. The zero-order chi connectivity index (χ0) is 25.3. The first-order chi connectivity index (χ1) is 17.3. The number of ether oxygens (including phenoxy) is 2. The van der Waals surface area contributed by atoms with Gasteiger partial charge in [0.2, 0.25) is 0 Å². The molecule has 3 aliphatic heterocycles. The van der Waals surface area contributed by atoms with Crippen LogP contribution in [0.4, 0.5) is 0 Å². The van der Waals surface area contributed by atoms with Crippen molar-refractivity contribution in [1.29, 1.82) is 0 Å². The second-order valence-electron chi connectivity index (χ2n) is 10.2. The van der Waals surface area contributed by atoms with Crippen LogP contribution in [0.25, 0.3) is 0 Å². The van der Waals surface area contributed by atoms with Gasteiger partial charge in [-0.3, -0.25) is 4.79 Å². The van der Waals surface area contributed by atoms with Crippen molar-refractivity contribution in [2.45, 2.75) is 49.9 Å². The highest BCUT2D eigenvalue weighted by Crippen LogP contribution is 2.42. The summed E-state index contributed by atoms with van der Waals surface area (Å²) in [6.07, 6.45) is 2.53. The maximum absolute atomic E-state index is 13.0. The van der Waals surface area contributed by atoms with E-state index in [2.05, 4.69) is 4.90 Å². The molecule has 3 heterocycles. The molecule has 2 fully saturated rings. The number of benzene rings is 2. The predicted octanol–water partition coefficient (Wildman–Crippen LogP) is 2.85. The smallest absolute Gasteiger partial charge is 0.257 e. The van der Waals surface area contributed by atoms with Gasteiger partial charge in [-0.15, -0.1) is 0 Å². The van der Waals surface area contributed by atoms with E-state index in [0.717, 1.165) is 48.7 Å².